The molecule has 2 aromatic carbocycles. The lowest BCUT2D eigenvalue weighted by Gasteiger charge is -2.23. The van der Waals surface area contributed by atoms with E-state index in [-0.39, 0.29) is 11.7 Å². The molecule has 2 rings (SSSR count). The van der Waals surface area contributed by atoms with Crippen molar-refractivity contribution in [2.45, 2.75) is 32.6 Å². The number of hydrogen-bond acceptors (Lipinski definition) is 3. The van der Waals surface area contributed by atoms with E-state index in [1.165, 1.54) is 12.1 Å². The topological polar surface area (TPSA) is 41.6 Å². The first-order valence-corrected chi connectivity index (χ1v) is 8.51. The first kappa shape index (κ1) is 20.6. The number of ether oxygens (including phenoxy) is 1. The maximum Gasteiger partial charge on any atom is 0.422 e. The molecule has 1 unspecified atom stereocenters. The molecule has 146 valence electrons. The van der Waals surface area contributed by atoms with Crippen LogP contribution in [-0.2, 0) is 11.3 Å². The number of hydrogen-bond donors (Lipinski definition) is 1. The summed E-state index contributed by atoms with van der Waals surface area (Å²) in [5.41, 5.74) is 2.68. The predicted molar refractivity (Wildman–Crippen MR) is 98.7 cm³/mol. The van der Waals surface area contributed by atoms with Crippen LogP contribution in [0.5, 0.6) is 5.75 Å². The van der Waals surface area contributed by atoms with Gasteiger partial charge in [-0.05, 0) is 37.1 Å². The van der Waals surface area contributed by atoms with Crippen LogP contribution in [0, 0.1) is 6.92 Å². The summed E-state index contributed by atoms with van der Waals surface area (Å²) in [5, 5.41) is 3.01. The summed E-state index contributed by atoms with van der Waals surface area (Å²) < 4.78 is 41.5. The van der Waals surface area contributed by atoms with E-state index in [0.29, 0.717) is 12.2 Å². The lowest BCUT2D eigenvalue weighted by molar-refractivity contribution is -0.153. The van der Waals surface area contributed by atoms with E-state index in [0.717, 1.165) is 11.1 Å². The molecule has 0 aliphatic heterocycles. The van der Waals surface area contributed by atoms with Gasteiger partial charge >= 0.3 is 6.18 Å². The summed E-state index contributed by atoms with van der Waals surface area (Å²) in [6, 6.07) is 13.4. The molecule has 1 amide bonds. The minimum Gasteiger partial charge on any atom is -0.484 e. The van der Waals surface area contributed by atoms with Gasteiger partial charge in [-0.15, -0.1) is 0 Å². The number of amides is 1. The number of carbonyl (C=O) groups is 1. The second kappa shape index (κ2) is 8.79. The maximum atomic E-state index is 12.6. The smallest absolute Gasteiger partial charge is 0.422 e. The number of likely N-dealkylation sites (N-methyl/N-ethyl adjacent to an activating group) is 1. The summed E-state index contributed by atoms with van der Waals surface area (Å²) in [6.45, 7) is 2.82. The van der Waals surface area contributed by atoms with Crippen LogP contribution in [-0.4, -0.2) is 36.7 Å². The zero-order chi connectivity index (χ0) is 20.0. The largest absolute Gasteiger partial charge is 0.484 e. The van der Waals surface area contributed by atoms with Gasteiger partial charge in [-0.1, -0.05) is 30.3 Å². The van der Waals surface area contributed by atoms with E-state index in [1.54, 1.807) is 31.0 Å². The van der Waals surface area contributed by atoms with E-state index in [4.69, 9.17) is 4.74 Å². The second-order valence-corrected chi connectivity index (χ2v) is 6.42. The van der Waals surface area contributed by atoms with Gasteiger partial charge in [-0.3, -0.25) is 4.79 Å². The van der Waals surface area contributed by atoms with Crippen LogP contribution in [0.15, 0.2) is 48.5 Å². The Balaban J connectivity index is 1.96. The fourth-order valence-corrected chi connectivity index (χ4v) is 2.60. The number of alkyl halides is 3. The van der Waals surface area contributed by atoms with Crippen molar-refractivity contribution < 1.29 is 22.7 Å². The van der Waals surface area contributed by atoms with Crippen LogP contribution in [0.3, 0.4) is 0 Å². The van der Waals surface area contributed by atoms with E-state index >= 15 is 0 Å². The Bertz CT molecular complexity index is 778. The highest BCUT2D eigenvalue weighted by atomic mass is 19.4. The van der Waals surface area contributed by atoms with Crippen LogP contribution in [0.4, 0.5) is 18.9 Å². The molecule has 1 N–H and O–H groups in total. The lowest BCUT2D eigenvalue weighted by Crippen LogP contribution is -2.38. The van der Waals surface area contributed by atoms with Crippen LogP contribution < -0.4 is 10.1 Å². The van der Waals surface area contributed by atoms with Gasteiger partial charge in [-0.25, -0.2) is 0 Å². The van der Waals surface area contributed by atoms with Gasteiger partial charge in [0.05, 0.1) is 0 Å². The Kier molecular flexibility index (Phi) is 6.71. The average Bonchev–Trinajstić information content (AvgIpc) is 2.61. The zero-order valence-corrected chi connectivity index (χ0v) is 15.5. The Hall–Kier alpha value is -2.70. The number of halogens is 3. The summed E-state index contributed by atoms with van der Waals surface area (Å²) in [4.78, 5) is 14.2. The first-order valence-electron chi connectivity index (χ1n) is 8.51. The molecular formula is C20H23F3N2O2. The summed E-state index contributed by atoms with van der Waals surface area (Å²) >= 11 is 0. The normalized spacial score (nSPS) is 12.4. The van der Waals surface area contributed by atoms with E-state index in [1.807, 2.05) is 31.2 Å². The van der Waals surface area contributed by atoms with Gasteiger partial charge in [0.25, 0.3) is 0 Å². The molecule has 0 fully saturated rings. The van der Waals surface area contributed by atoms with Crippen molar-refractivity contribution in [2.24, 2.45) is 0 Å². The van der Waals surface area contributed by atoms with Crippen molar-refractivity contribution >= 4 is 11.6 Å². The van der Waals surface area contributed by atoms with Crippen molar-refractivity contribution in [3.05, 3.63) is 59.7 Å². The molecule has 0 aromatic heterocycles. The first-order chi connectivity index (χ1) is 12.7. The molecule has 0 aliphatic rings. The van der Waals surface area contributed by atoms with Gasteiger partial charge in [0.1, 0.15) is 11.8 Å². The standard InChI is InChI=1S/C20H23F3N2O2/c1-14-7-4-5-8-16(14)12-25(3)19(26)15(2)24-17-9-6-10-18(11-17)27-13-20(21,22)23/h4-11,15,24H,12-13H2,1-3H3. The van der Waals surface area contributed by atoms with E-state index < -0.39 is 18.8 Å². The third-order valence-corrected chi connectivity index (χ3v) is 4.04. The Labute approximate surface area is 156 Å². The maximum absolute atomic E-state index is 12.6. The van der Waals surface area contributed by atoms with Crippen molar-refractivity contribution in [3.63, 3.8) is 0 Å². The van der Waals surface area contributed by atoms with Gasteiger partial charge in [0.15, 0.2) is 6.61 Å². The molecule has 27 heavy (non-hydrogen) atoms. The molecule has 0 spiro atoms. The lowest BCUT2D eigenvalue weighted by atomic mass is 10.1. The minimum atomic E-state index is -4.40. The van der Waals surface area contributed by atoms with Crippen LogP contribution >= 0.6 is 0 Å². The SMILES string of the molecule is Cc1ccccc1CN(C)C(=O)C(C)Nc1cccc(OCC(F)(F)F)c1. The molecule has 0 aliphatic carbocycles. The van der Waals surface area contributed by atoms with Crippen molar-refractivity contribution in [1.82, 2.24) is 4.90 Å². The highest BCUT2D eigenvalue weighted by Crippen LogP contribution is 2.22. The Morgan fingerprint density at radius 2 is 1.89 bits per heavy atom. The monoisotopic (exact) mass is 380 g/mol. The van der Waals surface area contributed by atoms with Crippen LogP contribution in [0.2, 0.25) is 0 Å². The fraction of sp³-hybridized carbons (Fsp3) is 0.350. The molecule has 1 atom stereocenters. The van der Waals surface area contributed by atoms with Crippen LogP contribution in [0.25, 0.3) is 0 Å². The summed E-state index contributed by atoms with van der Waals surface area (Å²) in [6.07, 6.45) is -4.40. The second-order valence-electron chi connectivity index (χ2n) is 6.42. The van der Waals surface area contributed by atoms with E-state index in [2.05, 4.69) is 5.32 Å². The number of benzene rings is 2. The number of nitrogens with zero attached hydrogens (tertiary/aromatic N) is 1. The number of aryl methyl sites for hydroxylation is 1. The van der Waals surface area contributed by atoms with Gasteiger partial charge < -0.3 is 15.0 Å². The highest BCUT2D eigenvalue weighted by molar-refractivity contribution is 5.84. The summed E-state index contributed by atoms with van der Waals surface area (Å²) in [5.74, 6) is -0.0369. The van der Waals surface area contributed by atoms with E-state index in [9.17, 15) is 18.0 Å². The molecule has 7 heteroatoms. The molecule has 2 aromatic rings. The van der Waals surface area contributed by atoms with Crippen molar-refractivity contribution in [1.29, 1.82) is 0 Å². The van der Waals surface area contributed by atoms with Crippen molar-refractivity contribution in [2.75, 3.05) is 19.0 Å². The third kappa shape index (κ3) is 6.51. The Morgan fingerprint density at radius 1 is 1.19 bits per heavy atom. The van der Waals surface area contributed by atoms with Crippen LogP contribution in [0.1, 0.15) is 18.1 Å². The molecule has 0 heterocycles. The van der Waals surface area contributed by atoms with Gasteiger partial charge in [-0.2, -0.15) is 13.2 Å². The number of nitrogens with one attached hydrogen (secondary N) is 1. The number of anilines is 1. The third-order valence-electron chi connectivity index (χ3n) is 4.04. The molecule has 0 saturated heterocycles. The number of rotatable bonds is 7. The Morgan fingerprint density at radius 3 is 2.56 bits per heavy atom. The quantitative estimate of drug-likeness (QED) is 0.774. The average molecular weight is 380 g/mol. The summed E-state index contributed by atoms with van der Waals surface area (Å²) in [7, 11) is 1.72. The molecule has 0 bridgehead atoms. The fourth-order valence-electron chi connectivity index (χ4n) is 2.60. The van der Waals surface area contributed by atoms with Gasteiger partial charge in [0, 0.05) is 25.3 Å². The van der Waals surface area contributed by atoms with Crippen molar-refractivity contribution in [3.8, 4) is 5.75 Å². The zero-order valence-electron chi connectivity index (χ0n) is 15.5. The molecule has 0 saturated carbocycles. The number of carbonyl (C=O) groups excluding carboxylic acids is 1. The predicted octanol–water partition coefficient (Wildman–Crippen LogP) is 4.40. The molecular weight excluding hydrogens is 357 g/mol. The highest BCUT2D eigenvalue weighted by Gasteiger charge is 2.28. The molecule has 4 nitrogen and oxygen atoms in total. The minimum absolute atomic E-state index is 0.0882. The molecule has 0 radical (unpaired) electrons. The van der Waals surface area contributed by atoms with Gasteiger partial charge in [0.2, 0.25) is 5.91 Å².